The van der Waals surface area contributed by atoms with Crippen LogP contribution >= 0.6 is 0 Å². The molecule has 0 aromatic heterocycles. The predicted molar refractivity (Wildman–Crippen MR) is 58.5 cm³/mol. The summed E-state index contributed by atoms with van der Waals surface area (Å²) in [6.07, 6.45) is 8.54. The van der Waals surface area contributed by atoms with Gasteiger partial charge in [0.15, 0.2) is 0 Å². The maximum absolute atomic E-state index is 11.0. The van der Waals surface area contributed by atoms with Crippen molar-refractivity contribution in [3.63, 3.8) is 0 Å². The van der Waals surface area contributed by atoms with Crippen molar-refractivity contribution in [2.45, 2.75) is 39.0 Å². The molecule has 0 aromatic rings. The molecule has 0 aliphatic carbocycles. The summed E-state index contributed by atoms with van der Waals surface area (Å²) in [5.41, 5.74) is 0. The summed E-state index contributed by atoms with van der Waals surface area (Å²) in [4.78, 5) is 21.1. The zero-order valence-corrected chi connectivity index (χ0v) is 9.16. The fourth-order valence-electron chi connectivity index (χ4n) is 1.07. The first kappa shape index (κ1) is 13.7. The summed E-state index contributed by atoms with van der Waals surface area (Å²) in [7, 11) is 0. The molecule has 0 aliphatic rings. The number of nitrogens with one attached hydrogen (secondary N) is 1. The molecule has 2 N–H and O–H groups in total. The van der Waals surface area contributed by atoms with E-state index in [1.54, 1.807) is 6.08 Å². The molecule has 0 radical (unpaired) electrons. The minimum atomic E-state index is -1.02. The maximum atomic E-state index is 11.0. The Balaban J connectivity index is 3.40. The molecule has 15 heavy (non-hydrogen) atoms. The Labute approximate surface area is 90.4 Å². The lowest BCUT2D eigenvalue weighted by Gasteiger charge is -1.98. The molecule has 0 fully saturated rings. The number of allylic oxidation sites excluding steroid dienone is 1. The van der Waals surface area contributed by atoms with Crippen LogP contribution in [0.5, 0.6) is 0 Å². The van der Waals surface area contributed by atoms with E-state index in [2.05, 4.69) is 12.2 Å². The van der Waals surface area contributed by atoms with Crippen molar-refractivity contribution >= 4 is 11.9 Å². The van der Waals surface area contributed by atoms with Gasteiger partial charge in [-0.1, -0.05) is 31.9 Å². The fourth-order valence-corrected chi connectivity index (χ4v) is 1.07. The van der Waals surface area contributed by atoms with Crippen molar-refractivity contribution in [3.05, 3.63) is 12.2 Å². The van der Waals surface area contributed by atoms with Crippen molar-refractivity contribution in [2.75, 3.05) is 6.54 Å². The van der Waals surface area contributed by atoms with Crippen molar-refractivity contribution in [1.29, 1.82) is 0 Å². The summed E-state index contributed by atoms with van der Waals surface area (Å²) < 4.78 is 0. The van der Waals surface area contributed by atoms with Crippen molar-refractivity contribution in [1.82, 2.24) is 5.32 Å². The van der Waals surface area contributed by atoms with Crippen LogP contribution in [0, 0.1) is 0 Å². The third-order valence-corrected chi connectivity index (χ3v) is 1.88. The molecule has 0 saturated carbocycles. The molecule has 0 aliphatic heterocycles. The van der Waals surface area contributed by atoms with Crippen molar-refractivity contribution in [2.24, 2.45) is 0 Å². The van der Waals surface area contributed by atoms with Gasteiger partial charge in [-0.2, -0.15) is 0 Å². The lowest BCUT2D eigenvalue weighted by Crippen LogP contribution is -2.28. The molecule has 0 unspecified atom stereocenters. The minimum absolute atomic E-state index is 0.246. The van der Waals surface area contributed by atoms with Crippen LogP contribution in [0.15, 0.2) is 12.2 Å². The molecule has 0 spiro atoms. The number of carboxylic acid groups (broad SMARTS) is 1. The van der Waals surface area contributed by atoms with E-state index in [1.165, 1.54) is 12.8 Å². The number of carbonyl (C=O) groups is 2. The van der Waals surface area contributed by atoms with Gasteiger partial charge in [-0.3, -0.25) is 9.59 Å². The lowest BCUT2D eigenvalue weighted by molar-refractivity contribution is -0.137. The van der Waals surface area contributed by atoms with Crippen LogP contribution in [-0.2, 0) is 9.59 Å². The second-order valence-electron chi connectivity index (χ2n) is 3.34. The van der Waals surface area contributed by atoms with Crippen LogP contribution < -0.4 is 5.32 Å². The summed E-state index contributed by atoms with van der Waals surface area (Å²) >= 11 is 0. The molecule has 0 atom stereocenters. The number of carbonyl (C=O) groups excluding carboxylic acids is 1. The van der Waals surface area contributed by atoms with Crippen molar-refractivity contribution in [3.8, 4) is 0 Å². The summed E-state index contributed by atoms with van der Waals surface area (Å²) in [6.45, 7) is 1.84. The van der Waals surface area contributed by atoms with Gasteiger partial charge in [0, 0.05) is 6.42 Å². The molecule has 0 bridgehead atoms. The van der Waals surface area contributed by atoms with E-state index in [9.17, 15) is 9.59 Å². The molecule has 0 heterocycles. The Hall–Kier alpha value is -1.32. The first-order valence-corrected chi connectivity index (χ1v) is 5.30. The monoisotopic (exact) mass is 213 g/mol. The van der Waals surface area contributed by atoms with Gasteiger partial charge < -0.3 is 10.4 Å². The van der Waals surface area contributed by atoms with Gasteiger partial charge in [-0.25, -0.2) is 0 Å². The largest absolute Gasteiger partial charge is 0.480 e. The van der Waals surface area contributed by atoms with E-state index in [-0.39, 0.29) is 18.9 Å². The van der Waals surface area contributed by atoms with Crippen LogP contribution in [0.3, 0.4) is 0 Å². The fraction of sp³-hybridized carbons (Fsp3) is 0.636. The van der Waals surface area contributed by atoms with Gasteiger partial charge in [0.25, 0.3) is 0 Å². The van der Waals surface area contributed by atoms with Crippen LogP contribution in [0.2, 0.25) is 0 Å². The van der Waals surface area contributed by atoms with Crippen LogP contribution in [0.1, 0.15) is 39.0 Å². The number of carboxylic acids is 1. The van der Waals surface area contributed by atoms with Crippen LogP contribution in [0.25, 0.3) is 0 Å². The third kappa shape index (κ3) is 10.6. The van der Waals surface area contributed by atoms with Gasteiger partial charge >= 0.3 is 5.97 Å². The maximum Gasteiger partial charge on any atom is 0.322 e. The number of aliphatic carboxylic acids is 1. The van der Waals surface area contributed by atoms with E-state index in [4.69, 9.17) is 5.11 Å². The molecule has 0 aromatic carbocycles. The van der Waals surface area contributed by atoms with Gasteiger partial charge in [-0.15, -0.1) is 0 Å². The van der Waals surface area contributed by atoms with Crippen molar-refractivity contribution < 1.29 is 14.7 Å². The Morgan fingerprint density at radius 3 is 2.60 bits per heavy atom. The molecule has 1 amide bonds. The summed E-state index contributed by atoms with van der Waals surface area (Å²) in [5.74, 6) is -1.26. The lowest BCUT2D eigenvalue weighted by atomic mass is 10.2. The second kappa shape index (κ2) is 9.24. The number of unbranched alkanes of at least 4 members (excludes halogenated alkanes) is 3. The Morgan fingerprint density at radius 1 is 1.27 bits per heavy atom. The normalized spacial score (nSPS) is 10.5. The molecular formula is C11H19NO3. The number of hydrogen-bond acceptors (Lipinski definition) is 2. The van der Waals surface area contributed by atoms with Gasteiger partial charge in [-0.05, 0) is 12.8 Å². The number of rotatable bonds is 8. The average Bonchev–Trinajstić information content (AvgIpc) is 2.20. The molecule has 0 saturated heterocycles. The van der Waals surface area contributed by atoms with E-state index in [1.807, 2.05) is 6.08 Å². The first-order chi connectivity index (χ1) is 7.16. The second-order valence-corrected chi connectivity index (χ2v) is 3.34. The van der Waals surface area contributed by atoms with E-state index in [0.29, 0.717) is 0 Å². The minimum Gasteiger partial charge on any atom is -0.480 e. The topological polar surface area (TPSA) is 66.4 Å². The highest BCUT2D eigenvalue weighted by molar-refractivity contribution is 5.81. The highest BCUT2D eigenvalue weighted by atomic mass is 16.4. The SMILES string of the molecule is CCCCC/C=C/CC(=O)NCC(=O)O. The van der Waals surface area contributed by atoms with Gasteiger partial charge in [0.2, 0.25) is 5.91 Å². The highest BCUT2D eigenvalue weighted by Gasteiger charge is 2.00. The zero-order chi connectivity index (χ0) is 11.5. The standard InChI is InChI=1S/C11H19NO3/c1-2-3-4-5-6-7-8-10(13)12-9-11(14)15/h6-7H,2-5,8-9H2,1H3,(H,12,13)(H,14,15)/b7-6+. The van der Waals surface area contributed by atoms with Crippen LogP contribution in [-0.4, -0.2) is 23.5 Å². The number of amides is 1. The Bertz CT molecular complexity index is 224. The van der Waals surface area contributed by atoms with Gasteiger partial charge in [0.1, 0.15) is 6.54 Å². The Kier molecular flexibility index (Phi) is 8.43. The molecular weight excluding hydrogens is 194 g/mol. The summed E-state index contributed by atoms with van der Waals surface area (Å²) in [5, 5.41) is 10.6. The average molecular weight is 213 g/mol. The third-order valence-electron chi connectivity index (χ3n) is 1.88. The Morgan fingerprint density at radius 2 is 2.00 bits per heavy atom. The van der Waals surface area contributed by atoms with Gasteiger partial charge in [0.05, 0.1) is 0 Å². The number of hydrogen-bond donors (Lipinski definition) is 2. The van der Waals surface area contributed by atoms with Crippen LogP contribution in [0.4, 0.5) is 0 Å². The molecule has 86 valence electrons. The highest BCUT2D eigenvalue weighted by Crippen LogP contribution is 1.99. The molecule has 0 rings (SSSR count). The van der Waals surface area contributed by atoms with E-state index < -0.39 is 5.97 Å². The summed E-state index contributed by atoms with van der Waals surface area (Å²) in [6, 6.07) is 0. The van der Waals surface area contributed by atoms with E-state index in [0.717, 1.165) is 12.8 Å². The zero-order valence-electron chi connectivity index (χ0n) is 9.16. The molecule has 4 nitrogen and oxygen atoms in total. The quantitative estimate of drug-likeness (QED) is 0.476. The smallest absolute Gasteiger partial charge is 0.322 e. The van der Waals surface area contributed by atoms with E-state index >= 15 is 0 Å². The predicted octanol–water partition coefficient (Wildman–Crippen LogP) is 1.71. The molecule has 4 heteroatoms. The first-order valence-electron chi connectivity index (χ1n) is 5.30.